The van der Waals surface area contributed by atoms with E-state index in [1.165, 1.54) is 12.1 Å². The summed E-state index contributed by atoms with van der Waals surface area (Å²) in [5.41, 5.74) is 1.91. The van der Waals surface area contributed by atoms with E-state index in [0.717, 1.165) is 5.56 Å². The third kappa shape index (κ3) is 4.02. The SMILES string of the molecule is O=C(CCc1ccc(C(=O)O)cc1)Nc1ccccc1C1CC1(F)F. The van der Waals surface area contributed by atoms with Crippen molar-refractivity contribution in [3.05, 3.63) is 65.2 Å². The van der Waals surface area contributed by atoms with Crippen LogP contribution in [0.1, 0.15) is 40.2 Å². The molecule has 1 unspecified atom stereocenters. The molecule has 1 aliphatic rings. The number of benzene rings is 2. The molecule has 0 aliphatic heterocycles. The van der Waals surface area contributed by atoms with Gasteiger partial charge in [0.15, 0.2) is 0 Å². The Hall–Kier alpha value is -2.76. The second-order valence-electron chi connectivity index (χ2n) is 6.16. The first kappa shape index (κ1) is 17.1. The fourth-order valence-corrected chi connectivity index (χ4v) is 2.75. The van der Waals surface area contributed by atoms with Gasteiger partial charge in [0.05, 0.1) is 11.5 Å². The Morgan fingerprint density at radius 2 is 1.76 bits per heavy atom. The van der Waals surface area contributed by atoms with Gasteiger partial charge in [-0.05, 0) is 35.7 Å². The monoisotopic (exact) mass is 345 g/mol. The average molecular weight is 345 g/mol. The fourth-order valence-electron chi connectivity index (χ4n) is 2.75. The number of amides is 1. The minimum Gasteiger partial charge on any atom is -0.478 e. The zero-order valence-electron chi connectivity index (χ0n) is 13.3. The van der Waals surface area contributed by atoms with Crippen LogP contribution in [0.2, 0.25) is 0 Å². The van der Waals surface area contributed by atoms with E-state index in [-0.39, 0.29) is 24.3 Å². The van der Waals surface area contributed by atoms with Gasteiger partial charge in [-0.3, -0.25) is 4.79 Å². The molecule has 2 N–H and O–H groups in total. The van der Waals surface area contributed by atoms with Crippen LogP contribution < -0.4 is 5.32 Å². The highest BCUT2D eigenvalue weighted by molar-refractivity contribution is 5.92. The number of rotatable bonds is 6. The van der Waals surface area contributed by atoms with Gasteiger partial charge in [-0.25, -0.2) is 13.6 Å². The Labute approximate surface area is 143 Å². The topological polar surface area (TPSA) is 66.4 Å². The van der Waals surface area contributed by atoms with E-state index < -0.39 is 17.8 Å². The van der Waals surface area contributed by atoms with Crippen molar-refractivity contribution in [2.45, 2.75) is 31.1 Å². The van der Waals surface area contributed by atoms with Crippen molar-refractivity contribution in [2.24, 2.45) is 0 Å². The summed E-state index contributed by atoms with van der Waals surface area (Å²) in [4.78, 5) is 22.9. The molecule has 1 saturated carbocycles. The lowest BCUT2D eigenvalue weighted by molar-refractivity contribution is -0.116. The summed E-state index contributed by atoms with van der Waals surface area (Å²) in [7, 11) is 0. The number of carboxylic acids is 1. The highest BCUT2D eigenvalue weighted by Gasteiger charge is 2.58. The van der Waals surface area contributed by atoms with Crippen LogP contribution in [0.15, 0.2) is 48.5 Å². The quantitative estimate of drug-likeness (QED) is 0.829. The summed E-state index contributed by atoms with van der Waals surface area (Å²) < 4.78 is 26.6. The highest BCUT2D eigenvalue weighted by Crippen LogP contribution is 2.57. The number of anilines is 1. The van der Waals surface area contributed by atoms with Gasteiger partial charge < -0.3 is 10.4 Å². The maximum Gasteiger partial charge on any atom is 0.335 e. The van der Waals surface area contributed by atoms with Gasteiger partial charge in [-0.1, -0.05) is 30.3 Å². The molecule has 1 fully saturated rings. The Kier molecular flexibility index (Phi) is 4.53. The standard InChI is InChI=1S/C19H17F2NO3/c20-19(21)11-15(19)14-3-1-2-4-16(14)22-17(23)10-7-12-5-8-13(9-6-12)18(24)25/h1-6,8-9,15H,7,10-11H2,(H,22,23)(H,24,25). The number of carbonyl (C=O) groups is 2. The van der Waals surface area contributed by atoms with Gasteiger partial charge in [0.2, 0.25) is 5.91 Å². The Bertz CT molecular complexity index is 803. The number of halogens is 2. The van der Waals surface area contributed by atoms with Crippen molar-refractivity contribution in [3.63, 3.8) is 0 Å². The number of para-hydroxylation sites is 1. The van der Waals surface area contributed by atoms with Crippen LogP contribution in [0.3, 0.4) is 0 Å². The number of nitrogens with one attached hydrogen (secondary N) is 1. The zero-order valence-corrected chi connectivity index (χ0v) is 13.3. The van der Waals surface area contributed by atoms with E-state index >= 15 is 0 Å². The van der Waals surface area contributed by atoms with Crippen molar-refractivity contribution in [1.82, 2.24) is 0 Å². The normalized spacial score (nSPS) is 17.8. The van der Waals surface area contributed by atoms with Crippen molar-refractivity contribution in [2.75, 3.05) is 5.32 Å². The number of hydrogen-bond donors (Lipinski definition) is 2. The first-order chi connectivity index (χ1) is 11.9. The Morgan fingerprint density at radius 1 is 1.12 bits per heavy atom. The number of alkyl halides is 2. The molecule has 0 aromatic heterocycles. The number of carbonyl (C=O) groups excluding carboxylic acids is 1. The van der Waals surface area contributed by atoms with E-state index in [2.05, 4.69) is 5.32 Å². The lowest BCUT2D eigenvalue weighted by Gasteiger charge is -2.11. The van der Waals surface area contributed by atoms with Crippen LogP contribution in [0.25, 0.3) is 0 Å². The third-order valence-corrected chi connectivity index (χ3v) is 4.28. The average Bonchev–Trinajstić information content (AvgIpc) is 3.22. The summed E-state index contributed by atoms with van der Waals surface area (Å²) in [6.45, 7) is 0. The molecule has 1 atom stereocenters. The lowest BCUT2D eigenvalue weighted by Crippen LogP contribution is -2.14. The van der Waals surface area contributed by atoms with Gasteiger partial charge in [-0.15, -0.1) is 0 Å². The van der Waals surface area contributed by atoms with Crippen molar-refractivity contribution < 1.29 is 23.5 Å². The van der Waals surface area contributed by atoms with Crippen LogP contribution in [-0.2, 0) is 11.2 Å². The molecule has 0 bridgehead atoms. The molecule has 0 radical (unpaired) electrons. The smallest absolute Gasteiger partial charge is 0.335 e. The Balaban J connectivity index is 1.59. The van der Waals surface area contributed by atoms with Crippen LogP contribution in [0.5, 0.6) is 0 Å². The highest BCUT2D eigenvalue weighted by atomic mass is 19.3. The molecule has 130 valence electrons. The third-order valence-electron chi connectivity index (χ3n) is 4.28. The zero-order chi connectivity index (χ0) is 18.0. The van der Waals surface area contributed by atoms with E-state index in [9.17, 15) is 18.4 Å². The maximum absolute atomic E-state index is 13.3. The largest absolute Gasteiger partial charge is 0.478 e. The van der Waals surface area contributed by atoms with Crippen LogP contribution in [0, 0.1) is 0 Å². The maximum atomic E-state index is 13.3. The number of carboxylic acid groups (broad SMARTS) is 1. The first-order valence-electron chi connectivity index (χ1n) is 7.95. The molecule has 6 heteroatoms. The van der Waals surface area contributed by atoms with E-state index in [1.807, 2.05) is 0 Å². The molecule has 1 amide bonds. The van der Waals surface area contributed by atoms with E-state index in [1.54, 1.807) is 36.4 Å². The van der Waals surface area contributed by atoms with E-state index in [0.29, 0.717) is 17.7 Å². The number of aryl methyl sites for hydroxylation is 1. The summed E-state index contributed by atoms with van der Waals surface area (Å²) in [6.07, 6.45) is 0.436. The van der Waals surface area contributed by atoms with Crippen molar-refractivity contribution >= 4 is 17.6 Å². The van der Waals surface area contributed by atoms with Gasteiger partial charge in [0.1, 0.15) is 0 Å². The molecular weight excluding hydrogens is 328 g/mol. The summed E-state index contributed by atoms with van der Waals surface area (Å²) >= 11 is 0. The second-order valence-corrected chi connectivity index (χ2v) is 6.16. The molecule has 4 nitrogen and oxygen atoms in total. The Morgan fingerprint density at radius 3 is 2.36 bits per heavy atom. The molecule has 0 heterocycles. The van der Waals surface area contributed by atoms with Gasteiger partial charge >= 0.3 is 5.97 Å². The molecule has 2 aromatic carbocycles. The summed E-state index contributed by atoms with van der Waals surface area (Å²) in [5, 5.41) is 11.6. The number of aromatic carboxylic acids is 1. The van der Waals surface area contributed by atoms with Crippen LogP contribution in [0.4, 0.5) is 14.5 Å². The van der Waals surface area contributed by atoms with Gasteiger partial charge in [0, 0.05) is 18.5 Å². The summed E-state index contributed by atoms with van der Waals surface area (Å²) in [6, 6.07) is 12.9. The number of hydrogen-bond acceptors (Lipinski definition) is 2. The van der Waals surface area contributed by atoms with Crippen molar-refractivity contribution in [3.8, 4) is 0 Å². The molecular formula is C19H17F2NO3. The minimum absolute atomic E-state index is 0.182. The van der Waals surface area contributed by atoms with Crippen molar-refractivity contribution in [1.29, 1.82) is 0 Å². The molecule has 0 spiro atoms. The molecule has 1 aliphatic carbocycles. The molecule has 25 heavy (non-hydrogen) atoms. The second kappa shape index (κ2) is 6.63. The predicted octanol–water partition coefficient (Wildman–Crippen LogP) is 4.08. The minimum atomic E-state index is -2.69. The van der Waals surface area contributed by atoms with Gasteiger partial charge in [-0.2, -0.15) is 0 Å². The van der Waals surface area contributed by atoms with Gasteiger partial charge in [0.25, 0.3) is 5.92 Å². The fraction of sp³-hybridized carbons (Fsp3) is 0.263. The molecule has 3 rings (SSSR count). The van der Waals surface area contributed by atoms with Crippen LogP contribution >= 0.6 is 0 Å². The van der Waals surface area contributed by atoms with E-state index in [4.69, 9.17) is 5.11 Å². The summed E-state index contributed by atoms with van der Waals surface area (Å²) in [5.74, 6) is -4.78. The predicted molar refractivity (Wildman–Crippen MR) is 89.1 cm³/mol. The first-order valence-corrected chi connectivity index (χ1v) is 7.95. The molecule has 0 saturated heterocycles. The van der Waals surface area contributed by atoms with Crippen LogP contribution in [-0.4, -0.2) is 22.9 Å². The molecule has 2 aromatic rings. The lowest BCUT2D eigenvalue weighted by atomic mass is 10.1.